The monoisotopic (exact) mass is 355 g/mol. The fourth-order valence-electron chi connectivity index (χ4n) is 0.994. The van der Waals surface area contributed by atoms with E-state index in [1.165, 1.54) is 12.1 Å². The predicted molar refractivity (Wildman–Crippen MR) is 77.8 cm³/mol. The SMILES string of the molecule is I.NC(N)=NCCCSc1ccc(F)cc1. The van der Waals surface area contributed by atoms with Crippen molar-refractivity contribution in [1.82, 2.24) is 0 Å². The van der Waals surface area contributed by atoms with Gasteiger partial charge in [-0.1, -0.05) is 0 Å². The van der Waals surface area contributed by atoms with Crippen molar-refractivity contribution in [1.29, 1.82) is 0 Å². The van der Waals surface area contributed by atoms with E-state index in [-0.39, 0.29) is 35.8 Å². The van der Waals surface area contributed by atoms with Crippen LogP contribution in [0.25, 0.3) is 0 Å². The molecule has 0 spiro atoms. The van der Waals surface area contributed by atoms with Gasteiger partial charge in [0, 0.05) is 11.4 Å². The number of nitrogens with zero attached hydrogens (tertiary/aromatic N) is 1. The topological polar surface area (TPSA) is 64.4 Å². The van der Waals surface area contributed by atoms with Crippen molar-refractivity contribution in [3.63, 3.8) is 0 Å². The number of hydrogen-bond acceptors (Lipinski definition) is 2. The molecule has 0 unspecified atom stereocenters. The van der Waals surface area contributed by atoms with Gasteiger partial charge in [-0.05, 0) is 36.4 Å². The fourth-order valence-corrected chi connectivity index (χ4v) is 1.83. The van der Waals surface area contributed by atoms with E-state index in [0.717, 1.165) is 17.1 Å². The highest BCUT2D eigenvalue weighted by Gasteiger charge is 1.94. The minimum Gasteiger partial charge on any atom is -0.370 e. The van der Waals surface area contributed by atoms with Crippen LogP contribution in [0.15, 0.2) is 34.2 Å². The number of rotatable bonds is 5. The molecule has 0 aliphatic heterocycles. The Balaban J connectivity index is 0.00000225. The first-order valence-corrected chi connectivity index (χ1v) is 5.61. The van der Waals surface area contributed by atoms with E-state index in [4.69, 9.17) is 11.5 Å². The Morgan fingerprint density at radius 1 is 1.25 bits per heavy atom. The van der Waals surface area contributed by atoms with Gasteiger partial charge in [0.25, 0.3) is 0 Å². The molecular weight excluding hydrogens is 340 g/mol. The molecule has 0 heterocycles. The average Bonchev–Trinajstić information content (AvgIpc) is 2.20. The maximum atomic E-state index is 12.6. The molecule has 6 heteroatoms. The summed E-state index contributed by atoms with van der Waals surface area (Å²) in [6, 6.07) is 6.44. The van der Waals surface area contributed by atoms with Gasteiger partial charge in [0.1, 0.15) is 5.82 Å². The number of hydrogen-bond donors (Lipinski definition) is 2. The van der Waals surface area contributed by atoms with Crippen LogP contribution in [-0.4, -0.2) is 18.3 Å². The number of guanidine groups is 1. The Labute approximate surface area is 116 Å². The van der Waals surface area contributed by atoms with Crippen molar-refractivity contribution in [3.8, 4) is 0 Å². The Bertz CT molecular complexity index is 325. The summed E-state index contributed by atoms with van der Waals surface area (Å²) >= 11 is 1.66. The lowest BCUT2D eigenvalue weighted by molar-refractivity contribution is 0.626. The molecule has 1 aromatic carbocycles. The summed E-state index contributed by atoms with van der Waals surface area (Å²) in [4.78, 5) is 4.93. The summed E-state index contributed by atoms with van der Waals surface area (Å²) in [5.74, 6) is 0.837. The van der Waals surface area contributed by atoms with Gasteiger partial charge in [0.2, 0.25) is 0 Å². The largest absolute Gasteiger partial charge is 0.370 e. The highest BCUT2D eigenvalue weighted by atomic mass is 127. The van der Waals surface area contributed by atoms with Crippen molar-refractivity contribution in [3.05, 3.63) is 30.1 Å². The van der Waals surface area contributed by atoms with E-state index in [1.807, 2.05) is 0 Å². The van der Waals surface area contributed by atoms with Gasteiger partial charge >= 0.3 is 0 Å². The van der Waals surface area contributed by atoms with E-state index < -0.39 is 0 Å². The summed E-state index contributed by atoms with van der Waals surface area (Å²) in [6.45, 7) is 0.635. The molecular formula is C10H15FIN3S. The first-order valence-electron chi connectivity index (χ1n) is 4.62. The third kappa shape index (κ3) is 6.89. The van der Waals surface area contributed by atoms with Gasteiger partial charge in [-0.2, -0.15) is 0 Å². The molecule has 0 saturated carbocycles. The Morgan fingerprint density at radius 3 is 2.44 bits per heavy atom. The Hall–Kier alpha value is -0.500. The van der Waals surface area contributed by atoms with Crippen LogP contribution in [0.1, 0.15) is 6.42 Å². The minimum atomic E-state index is -0.208. The number of thioether (sulfide) groups is 1. The molecule has 4 N–H and O–H groups in total. The normalized spacial score (nSPS) is 9.31. The molecule has 0 aliphatic rings. The quantitative estimate of drug-likeness (QED) is 0.280. The van der Waals surface area contributed by atoms with E-state index in [1.54, 1.807) is 23.9 Å². The standard InChI is InChI=1S/C10H14FN3S.HI/c11-8-2-4-9(5-3-8)15-7-1-6-14-10(12)13;/h2-5H,1,6-7H2,(H4,12,13,14);1H. The zero-order valence-electron chi connectivity index (χ0n) is 8.73. The molecule has 0 aliphatic carbocycles. The van der Waals surface area contributed by atoms with Gasteiger partial charge in [0.05, 0.1) is 0 Å². The molecule has 0 radical (unpaired) electrons. The molecule has 0 atom stereocenters. The van der Waals surface area contributed by atoms with E-state index >= 15 is 0 Å². The second-order valence-electron chi connectivity index (χ2n) is 2.96. The fraction of sp³-hybridized carbons (Fsp3) is 0.300. The summed E-state index contributed by atoms with van der Waals surface area (Å²) < 4.78 is 12.6. The molecule has 16 heavy (non-hydrogen) atoms. The molecule has 1 aromatic rings. The lowest BCUT2D eigenvalue weighted by atomic mass is 10.4. The predicted octanol–water partition coefficient (Wildman–Crippen LogP) is 2.20. The lowest BCUT2D eigenvalue weighted by Gasteiger charge is -1.99. The van der Waals surface area contributed by atoms with Gasteiger partial charge < -0.3 is 11.5 Å². The van der Waals surface area contributed by atoms with E-state index in [0.29, 0.717) is 6.54 Å². The van der Waals surface area contributed by atoms with Crippen LogP contribution in [0.5, 0.6) is 0 Å². The van der Waals surface area contributed by atoms with Crippen LogP contribution < -0.4 is 11.5 Å². The Morgan fingerprint density at radius 2 is 1.88 bits per heavy atom. The van der Waals surface area contributed by atoms with Crippen molar-refractivity contribution in [2.45, 2.75) is 11.3 Å². The van der Waals surface area contributed by atoms with Crippen LogP contribution in [-0.2, 0) is 0 Å². The van der Waals surface area contributed by atoms with Crippen molar-refractivity contribution in [2.75, 3.05) is 12.3 Å². The number of aliphatic imine (C=N–C) groups is 1. The molecule has 0 amide bonds. The highest BCUT2D eigenvalue weighted by molar-refractivity contribution is 14.0. The second-order valence-corrected chi connectivity index (χ2v) is 4.13. The third-order valence-electron chi connectivity index (χ3n) is 1.68. The highest BCUT2D eigenvalue weighted by Crippen LogP contribution is 2.18. The van der Waals surface area contributed by atoms with Crippen LogP contribution in [0, 0.1) is 5.82 Å². The minimum absolute atomic E-state index is 0. The molecule has 0 aromatic heterocycles. The number of nitrogens with two attached hydrogens (primary N) is 2. The Kier molecular flexibility index (Phi) is 8.36. The van der Waals surface area contributed by atoms with Crippen molar-refractivity contribution >= 4 is 41.7 Å². The first kappa shape index (κ1) is 15.5. The van der Waals surface area contributed by atoms with Crippen molar-refractivity contribution in [2.24, 2.45) is 16.5 Å². The third-order valence-corrected chi connectivity index (χ3v) is 2.78. The van der Waals surface area contributed by atoms with Gasteiger partial charge in [-0.25, -0.2) is 4.39 Å². The maximum absolute atomic E-state index is 12.6. The lowest BCUT2D eigenvalue weighted by Crippen LogP contribution is -2.23. The van der Waals surface area contributed by atoms with E-state index in [9.17, 15) is 4.39 Å². The number of benzene rings is 1. The molecule has 0 saturated heterocycles. The maximum Gasteiger partial charge on any atom is 0.185 e. The summed E-state index contributed by atoms with van der Waals surface area (Å²) in [7, 11) is 0. The smallest absolute Gasteiger partial charge is 0.185 e. The van der Waals surface area contributed by atoms with Gasteiger partial charge in [-0.3, -0.25) is 4.99 Å². The van der Waals surface area contributed by atoms with E-state index in [2.05, 4.69) is 4.99 Å². The van der Waals surface area contributed by atoms with Crippen molar-refractivity contribution < 1.29 is 4.39 Å². The average molecular weight is 355 g/mol. The molecule has 1 rings (SSSR count). The van der Waals surface area contributed by atoms with Crippen LogP contribution in [0.4, 0.5) is 4.39 Å². The van der Waals surface area contributed by atoms with Crippen LogP contribution >= 0.6 is 35.7 Å². The summed E-state index contributed by atoms with van der Waals surface area (Å²) in [6.07, 6.45) is 0.903. The zero-order valence-corrected chi connectivity index (χ0v) is 11.9. The van der Waals surface area contributed by atoms with Crippen LogP contribution in [0.3, 0.4) is 0 Å². The molecule has 3 nitrogen and oxygen atoms in total. The zero-order chi connectivity index (χ0) is 11.1. The van der Waals surface area contributed by atoms with Crippen LogP contribution in [0.2, 0.25) is 0 Å². The molecule has 0 fully saturated rings. The summed E-state index contributed by atoms with van der Waals surface area (Å²) in [5.41, 5.74) is 10.4. The number of halogens is 2. The van der Waals surface area contributed by atoms with Gasteiger partial charge in [-0.15, -0.1) is 35.7 Å². The molecule has 0 bridgehead atoms. The second kappa shape index (κ2) is 8.63. The molecule has 90 valence electrons. The summed E-state index contributed by atoms with van der Waals surface area (Å²) in [5, 5.41) is 0. The van der Waals surface area contributed by atoms with Gasteiger partial charge in [0.15, 0.2) is 5.96 Å². The first-order chi connectivity index (χ1) is 7.18.